The van der Waals surface area contributed by atoms with Crippen LogP contribution in [0.4, 0.5) is 5.69 Å². The zero-order valence-corrected chi connectivity index (χ0v) is 9.23. The average Bonchev–Trinajstić information content (AvgIpc) is 2.25. The predicted octanol–water partition coefficient (Wildman–Crippen LogP) is 1.59. The summed E-state index contributed by atoms with van der Waals surface area (Å²) >= 11 is 0. The summed E-state index contributed by atoms with van der Waals surface area (Å²) in [5.41, 5.74) is 7.04. The number of aromatic carboxylic acids is 1. The predicted molar refractivity (Wildman–Crippen MR) is 65.4 cm³/mol. The molecule has 0 aliphatic rings. The number of nitrogens with two attached hydrogens (primary N) is 1. The van der Waals surface area contributed by atoms with Crippen LogP contribution in [0, 0.1) is 0 Å². The van der Waals surface area contributed by atoms with E-state index in [1.54, 1.807) is 24.3 Å². The van der Waals surface area contributed by atoms with Crippen molar-refractivity contribution < 1.29 is 9.90 Å². The van der Waals surface area contributed by atoms with E-state index in [4.69, 9.17) is 10.8 Å². The standard InChI is InChI=1S/C12H16N2O2/c1-14-8-3-2-5-9-10(12(15)16)6-4-7-11(9)13/h2,4-7,14H,3,8,13H2,1H3,(H,15,16). The third-order valence-electron chi connectivity index (χ3n) is 2.22. The lowest BCUT2D eigenvalue weighted by Crippen LogP contribution is -2.06. The molecule has 4 nitrogen and oxygen atoms in total. The molecule has 4 heteroatoms. The lowest BCUT2D eigenvalue weighted by atomic mass is 10.0. The molecule has 1 aromatic carbocycles. The highest BCUT2D eigenvalue weighted by molar-refractivity contribution is 5.94. The van der Waals surface area contributed by atoms with Crippen LogP contribution in [0.5, 0.6) is 0 Å². The van der Waals surface area contributed by atoms with Crippen LogP contribution in [0.25, 0.3) is 6.08 Å². The summed E-state index contributed by atoms with van der Waals surface area (Å²) in [5.74, 6) is -0.958. The number of hydrogen-bond acceptors (Lipinski definition) is 3. The maximum Gasteiger partial charge on any atom is 0.336 e. The van der Waals surface area contributed by atoms with Crippen molar-refractivity contribution in [2.75, 3.05) is 19.3 Å². The van der Waals surface area contributed by atoms with Crippen molar-refractivity contribution >= 4 is 17.7 Å². The van der Waals surface area contributed by atoms with Gasteiger partial charge in [-0.25, -0.2) is 4.79 Å². The first kappa shape index (κ1) is 12.3. The molecular formula is C12H16N2O2. The van der Waals surface area contributed by atoms with Gasteiger partial charge >= 0.3 is 5.97 Å². The first-order chi connectivity index (χ1) is 7.66. The minimum Gasteiger partial charge on any atom is -0.478 e. The molecule has 1 rings (SSSR count). The molecule has 0 amide bonds. The Bertz CT molecular complexity index is 400. The van der Waals surface area contributed by atoms with E-state index in [2.05, 4.69) is 5.32 Å². The van der Waals surface area contributed by atoms with E-state index < -0.39 is 5.97 Å². The van der Waals surface area contributed by atoms with Gasteiger partial charge in [0.15, 0.2) is 0 Å². The summed E-state index contributed by atoms with van der Waals surface area (Å²) in [4.78, 5) is 11.0. The highest BCUT2D eigenvalue weighted by Crippen LogP contribution is 2.19. The van der Waals surface area contributed by atoms with E-state index in [0.29, 0.717) is 11.3 Å². The molecule has 0 aliphatic heterocycles. The van der Waals surface area contributed by atoms with Gasteiger partial charge in [0.25, 0.3) is 0 Å². The molecule has 0 saturated heterocycles. The second-order valence-corrected chi connectivity index (χ2v) is 3.41. The molecule has 0 aromatic heterocycles. The largest absolute Gasteiger partial charge is 0.478 e. The molecule has 0 bridgehead atoms. The Kier molecular flexibility index (Phi) is 4.54. The highest BCUT2D eigenvalue weighted by atomic mass is 16.4. The van der Waals surface area contributed by atoms with Gasteiger partial charge in [-0.05, 0) is 32.1 Å². The van der Waals surface area contributed by atoms with Crippen LogP contribution < -0.4 is 11.1 Å². The average molecular weight is 220 g/mol. The fourth-order valence-electron chi connectivity index (χ4n) is 1.38. The van der Waals surface area contributed by atoms with Crippen molar-refractivity contribution in [3.05, 3.63) is 35.4 Å². The molecule has 4 N–H and O–H groups in total. The monoisotopic (exact) mass is 220 g/mol. The van der Waals surface area contributed by atoms with Crippen LogP contribution in [0.3, 0.4) is 0 Å². The summed E-state index contributed by atoms with van der Waals surface area (Å²) in [5, 5.41) is 12.0. The summed E-state index contributed by atoms with van der Waals surface area (Å²) in [6, 6.07) is 4.89. The minimum atomic E-state index is -0.958. The van der Waals surface area contributed by atoms with Crippen LogP contribution in [0.2, 0.25) is 0 Å². The zero-order chi connectivity index (χ0) is 12.0. The Morgan fingerprint density at radius 2 is 2.31 bits per heavy atom. The molecule has 0 saturated carbocycles. The smallest absolute Gasteiger partial charge is 0.336 e. The Balaban J connectivity index is 2.92. The molecule has 1 aromatic rings. The number of hydrogen-bond donors (Lipinski definition) is 3. The molecule has 0 fully saturated rings. The van der Waals surface area contributed by atoms with Gasteiger partial charge < -0.3 is 16.2 Å². The fourth-order valence-corrected chi connectivity index (χ4v) is 1.38. The van der Waals surface area contributed by atoms with E-state index in [1.807, 2.05) is 13.1 Å². The second kappa shape index (κ2) is 5.92. The van der Waals surface area contributed by atoms with E-state index in [-0.39, 0.29) is 5.56 Å². The van der Waals surface area contributed by atoms with Crippen molar-refractivity contribution in [3.8, 4) is 0 Å². The SMILES string of the molecule is CNCCC=Cc1c(N)cccc1C(=O)O. The van der Waals surface area contributed by atoms with Crippen molar-refractivity contribution in [2.24, 2.45) is 0 Å². The maximum atomic E-state index is 11.0. The van der Waals surface area contributed by atoms with Gasteiger partial charge in [-0.3, -0.25) is 0 Å². The topological polar surface area (TPSA) is 75.3 Å². The third kappa shape index (κ3) is 3.10. The summed E-state index contributed by atoms with van der Waals surface area (Å²) < 4.78 is 0. The Hall–Kier alpha value is -1.81. The van der Waals surface area contributed by atoms with E-state index in [9.17, 15) is 4.79 Å². The first-order valence-corrected chi connectivity index (χ1v) is 5.09. The van der Waals surface area contributed by atoms with E-state index in [1.165, 1.54) is 0 Å². The van der Waals surface area contributed by atoms with Crippen molar-refractivity contribution in [2.45, 2.75) is 6.42 Å². The van der Waals surface area contributed by atoms with Gasteiger partial charge in [0.1, 0.15) is 0 Å². The first-order valence-electron chi connectivity index (χ1n) is 5.09. The quantitative estimate of drug-likeness (QED) is 0.520. The second-order valence-electron chi connectivity index (χ2n) is 3.41. The molecule has 16 heavy (non-hydrogen) atoms. The van der Waals surface area contributed by atoms with Crippen LogP contribution in [0.1, 0.15) is 22.3 Å². The minimum absolute atomic E-state index is 0.237. The number of carboxylic acid groups (broad SMARTS) is 1. The van der Waals surface area contributed by atoms with Crippen LogP contribution in [-0.4, -0.2) is 24.7 Å². The molecule has 0 radical (unpaired) electrons. The molecule has 0 heterocycles. The number of rotatable bonds is 5. The van der Waals surface area contributed by atoms with Crippen molar-refractivity contribution in [1.29, 1.82) is 0 Å². The number of carboxylic acids is 1. The molecule has 0 atom stereocenters. The van der Waals surface area contributed by atoms with Gasteiger partial charge in [0.2, 0.25) is 0 Å². The lowest BCUT2D eigenvalue weighted by Gasteiger charge is -2.04. The van der Waals surface area contributed by atoms with Crippen molar-refractivity contribution in [3.63, 3.8) is 0 Å². The van der Waals surface area contributed by atoms with Gasteiger partial charge in [-0.15, -0.1) is 0 Å². The van der Waals surface area contributed by atoms with Gasteiger partial charge in [-0.2, -0.15) is 0 Å². The molecule has 0 unspecified atom stereocenters. The number of nitrogens with one attached hydrogen (secondary N) is 1. The number of nitrogen functional groups attached to an aromatic ring is 1. The lowest BCUT2D eigenvalue weighted by molar-refractivity contribution is 0.0696. The number of benzene rings is 1. The van der Waals surface area contributed by atoms with Crippen LogP contribution in [0.15, 0.2) is 24.3 Å². The summed E-state index contributed by atoms with van der Waals surface area (Å²) in [7, 11) is 1.87. The van der Waals surface area contributed by atoms with Gasteiger partial charge in [0.05, 0.1) is 5.56 Å². The van der Waals surface area contributed by atoms with Crippen LogP contribution >= 0.6 is 0 Å². The van der Waals surface area contributed by atoms with E-state index >= 15 is 0 Å². The normalized spacial score (nSPS) is 10.8. The molecule has 0 aliphatic carbocycles. The van der Waals surface area contributed by atoms with Gasteiger partial charge in [0, 0.05) is 11.3 Å². The Morgan fingerprint density at radius 1 is 1.56 bits per heavy atom. The summed E-state index contributed by atoms with van der Waals surface area (Å²) in [6.45, 7) is 0.853. The van der Waals surface area contributed by atoms with E-state index in [0.717, 1.165) is 13.0 Å². The molecule has 86 valence electrons. The number of carbonyl (C=O) groups is 1. The van der Waals surface area contributed by atoms with Crippen LogP contribution in [-0.2, 0) is 0 Å². The Labute approximate surface area is 94.8 Å². The highest BCUT2D eigenvalue weighted by Gasteiger charge is 2.09. The third-order valence-corrected chi connectivity index (χ3v) is 2.22. The fraction of sp³-hybridized carbons (Fsp3) is 0.250. The Morgan fingerprint density at radius 3 is 2.94 bits per heavy atom. The summed E-state index contributed by atoms with van der Waals surface area (Å²) in [6.07, 6.45) is 4.51. The van der Waals surface area contributed by atoms with Crippen molar-refractivity contribution in [1.82, 2.24) is 5.32 Å². The maximum absolute atomic E-state index is 11.0. The molecular weight excluding hydrogens is 204 g/mol. The molecule has 0 spiro atoms. The number of anilines is 1. The zero-order valence-electron chi connectivity index (χ0n) is 9.23. The van der Waals surface area contributed by atoms with Gasteiger partial charge in [-0.1, -0.05) is 18.2 Å².